The van der Waals surface area contributed by atoms with Crippen LogP contribution in [0.4, 0.5) is 0 Å². The van der Waals surface area contributed by atoms with Crippen LogP contribution in [0.2, 0.25) is 0 Å². The summed E-state index contributed by atoms with van der Waals surface area (Å²) in [5.41, 5.74) is 0.122. The first-order valence-electron chi connectivity index (χ1n) is 6.46. The average Bonchev–Trinajstić information content (AvgIpc) is 2.66. The van der Waals surface area contributed by atoms with Gasteiger partial charge in [0.1, 0.15) is 0 Å². The third-order valence-corrected chi connectivity index (χ3v) is 3.79. The fraction of sp³-hybridized carbons (Fsp3) is 1.00. The van der Waals surface area contributed by atoms with Gasteiger partial charge in [-0.25, -0.2) is 0 Å². The summed E-state index contributed by atoms with van der Waals surface area (Å²) < 4.78 is 0. The molecule has 0 spiro atoms. The Bertz CT molecular complexity index is 183. The summed E-state index contributed by atoms with van der Waals surface area (Å²) in [5, 5.41) is 9.47. The fourth-order valence-corrected chi connectivity index (χ4v) is 2.74. The molecule has 1 N–H and O–H groups in total. The Morgan fingerprint density at radius 2 is 2.13 bits per heavy atom. The monoisotopic (exact) mass is 213 g/mol. The molecule has 0 bridgehead atoms. The fourth-order valence-electron chi connectivity index (χ4n) is 2.74. The third kappa shape index (κ3) is 3.76. The van der Waals surface area contributed by atoms with Crippen molar-refractivity contribution < 1.29 is 5.11 Å². The molecule has 0 aliphatic carbocycles. The maximum absolute atomic E-state index is 9.47. The van der Waals surface area contributed by atoms with Crippen molar-refractivity contribution in [1.82, 2.24) is 4.90 Å². The quantitative estimate of drug-likeness (QED) is 0.733. The second kappa shape index (κ2) is 5.86. The lowest BCUT2D eigenvalue weighted by molar-refractivity contribution is 0.0882. The summed E-state index contributed by atoms with van der Waals surface area (Å²) in [6, 6.07) is 0. The van der Waals surface area contributed by atoms with Gasteiger partial charge in [0.15, 0.2) is 0 Å². The summed E-state index contributed by atoms with van der Waals surface area (Å²) in [6.45, 7) is 10.6. The van der Waals surface area contributed by atoms with Crippen LogP contribution in [0, 0.1) is 11.3 Å². The van der Waals surface area contributed by atoms with Gasteiger partial charge in [-0.2, -0.15) is 0 Å². The van der Waals surface area contributed by atoms with Crippen LogP contribution in [0.15, 0.2) is 0 Å². The first-order valence-corrected chi connectivity index (χ1v) is 6.46. The molecule has 0 radical (unpaired) electrons. The average molecular weight is 213 g/mol. The van der Waals surface area contributed by atoms with Crippen molar-refractivity contribution >= 4 is 0 Å². The molecule has 2 atom stereocenters. The number of hydrogen-bond donors (Lipinski definition) is 1. The lowest BCUT2D eigenvalue weighted by Gasteiger charge is -2.32. The zero-order chi connectivity index (χ0) is 11.3. The molecule has 15 heavy (non-hydrogen) atoms. The van der Waals surface area contributed by atoms with E-state index in [1.165, 1.54) is 32.4 Å². The largest absolute Gasteiger partial charge is 0.396 e. The molecule has 0 amide bonds. The molecular weight excluding hydrogens is 186 g/mol. The van der Waals surface area contributed by atoms with Crippen LogP contribution >= 0.6 is 0 Å². The highest BCUT2D eigenvalue weighted by atomic mass is 16.3. The van der Waals surface area contributed by atoms with Gasteiger partial charge in [0.25, 0.3) is 0 Å². The Labute approximate surface area is 94.7 Å². The van der Waals surface area contributed by atoms with Gasteiger partial charge in [-0.1, -0.05) is 33.6 Å². The van der Waals surface area contributed by atoms with E-state index in [1.807, 2.05) is 0 Å². The summed E-state index contributed by atoms with van der Waals surface area (Å²) in [5.74, 6) is 0.898. The van der Waals surface area contributed by atoms with Crippen LogP contribution < -0.4 is 0 Å². The predicted molar refractivity (Wildman–Crippen MR) is 64.9 cm³/mol. The van der Waals surface area contributed by atoms with Gasteiger partial charge in [-0.15, -0.1) is 0 Å². The molecule has 0 saturated carbocycles. The van der Waals surface area contributed by atoms with Crippen molar-refractivity contribution in [3.8, 4) is 0 Å². The van der Waals surface area contributed by atoms with Crippen molar-refractivity contribution in [3.05, 3.63) is 0 Å². The highest BCUT2D eigenvalue weighted by Crippen LogP contribution is 2.27. The van der Waals surface area contributed by atoms with E-state index in [2.05, 4.69) is 25.7 Å². The van der Waals surface area contributed by atoms with E-state index in [0.29, 0.717) is 6.61 Å². The topological polar surface area (TPSA) is 23.5 Å². The lowest BCUT2D eigenvalue weighted by Crippen LogP contribution is -2.37. The molecular formula is C13H27NO. The third-order valence-electron chi connectivity index (χ3n) is 3.79. The van der Waals surface area contributed by atoms with Crippen LogP contribution in [-0.2, 0) is 0 Å². The molecule has 1 fully saturated rings. The molecule has 1 aliphatic rings. The van der Waals surface area contributed by atoms with Crippen LogP contribution in [0.25, 0.3) is 0 Å². The van der Waals surface area contributed by atoms with Gasteiger partial charge in [0.05, 0.1) is 0 Å². The number of nitrogens with zero attached hydrogens (tertiary/aromatic N) is 1. The Morgan fingerprint density at radius 1 is 1.40 bits per heavy atom. The number of aliphatic hydroxyl groups is 1. The number of hydrogen-bond acceptors (Lipinski definition) is 2. The van der Waals surface area contributed by atoms with E-state index >= 15 is 0 Å². The van der Waals surface area contributed by atoms with E-state index in [4.69, 9.17) is 0 Å². The zero-order valence-corrected chi connectivity index (χ0v) is 10.6. The van der Waals surface area contributed by atoms with Crippen molar-refractivity contribution in [3.63, 3.8) is 0 Å². The molecule has 0 aromatic heterocycles. The maximum Gasteiger partial charge on any atom is 0.0497 e. The molecule has 0 aromatic carbocycles. The molecule has 1 aliphatic heterocycles. The number of rotatable bonds is 6. The second-order valence-corrected chi connectivity index (χ2v) is 5.52. The summed E-state index contributed by atoms with van der Waals surface area (Å²) >= 11 is 0. The molecule has 2 nitrogen and oxygen atoms in total. The van der Waals surface area contributed by atoms with Crippen LogP contribution in [0.5, 0.6) is 0 Å². The summed E-state index contributed by atoms with van der Waals surface area (Å²) in [6.07, 6.45) is 4.96. The Balaban J connectivity index is 2.39. The molecule has 1 heterocycles. The molecule has 1 saturated heterocycles. The number of aliphatic hydroxyl groups excluding tert-OH is 1. The SMILES string of the molecule is CCCC(C)(CO)CN1CCC(CC)C1. The minimum atomic E-state index is 0.122. The van der Waals surface area contributed by atoms with Crippen molar-refractivity contribution in [2.24, 2.45) is 11.3 Å². The Morgan fingerprint density at radius 3 is 2.60 bits per heavy atom. The Hall–Kier alpha value is -0.0800. The van der Waals surface area contributed by atoms with Gasteiger partial charge in [0.2, 0.25) is 0 Å². The van der Waals surface area contributed by atoms with E-state index < -0.39 is 0 Å². The minimum absolute atomic E-state index is 0.122. The smallest absolute Gasteiger partial charge is 0.0497 e. The highest BCUT2D eigenvalue weighted by molar-refractivity contribution is 4.82. The minimum Gasteiger partial charge on any atom is -0.396 e. The lowest BCUT2D eigenvalue weighted by atomic mass is 9.86. The molecule has 2 unspecified atom stereocenters. The van der Waals surface area contributed by atoms with Gasteiger partial charge in [0, 0.05) is 25.1 Å². The molecule has 90 valence electrons. The van der Waals surface area contributed by atoms with Crippen LogP contribution in [0.1, 0.15) is 46.5 Å². The van der Waals surface area contributed by atoms with E-state index in [1.54, 1.807) is 0 Å². The zero-order valence-electron chi connectivity index (χ0n) is 10.6. The van der Waals surface area contributed by atoms with Crippen LogP contribution in [0.3, 0.4) is 0 Å². The van der Waals surface area contributed by atoms with Crippen LogP contribution in [-0.4, -0.2) is 36.2 Å². The first kappa shape index (κ1) is 13.0. The molecule has 1 rings (SSSR count). The van der Waals surface area contributed by atoms with Gasteiger partial charge >= 0.3 is 0 Å². The molecule has 2 heteroatoms. The number of likely N-dealkylation sites (tertiary alicyclic amines) is 1. The maximum atomic E-state index is 9.47. The molecule has 0 aromatic rings. The van der Waals surface area contributed by atoms with Gasteiger partial charge < -0.3 is 10.0 Å². The van der Waals surface area contributed by atoms with Crippen molar-refractivity contribution in [2.75, 3.05) is 26.2 Å². The predicted octanol–water partition coefficient (Wildman–Crippen LogP) is 2.52. The Kier molecular flexibility index (Phi) is 5.07. The van der Waals surface area contributed by atoms with E-state index in [-0.39, 0.29) is 5.41 Å². The van der Waals surface area contributed by atoms with Gasteiger partial charge in [-0.3, -0.25) is 0 Å². The standard InChI is InChI=1S/C13H27NO/c1-4-7-13(3,11-15)10-14-8-6-12(5-2)9-14/h12,15H,4-11H2,1-3H3. The highest BCUT2D eigenvalue weighted by Gasteiger charge is 2.29. The van der Waals surface area contributed by atoms with E-state index in [0.717, 1.165) is 18.9 Å². The van der Waals surface area contributed by atoms with Gasteiger partial charge in [-0.05, 0) is 25.3 Å². The normalized spacial score (nSPS) is 26.8. The second-order valence-electron chi connectivity index (χ2n) is 5.52. The summed E-state index contributed by atoms with van der Waals surface area (Å²) in [4.78, 5) is 2.54. The van der Waals surface area contributed by atoms with E-state index in [9.17, 15) is 5.11 Å². The van der Waals surface area contributed by atoms with Crippen molar-refractivity contribution in [2.45, 2.75) is 46.5 Å². The first-order chi connectivity index (χ1) is 7.13. The summed E-state index contributed by atoms with van der Waals surface area (Å²) in [7, 11) is 0. The van der Waals surface area contributed by atoms with Crippen molar-refractivity contribution in [1.29, 1.82) is 0 Å².